The molecule has 1 rings (SSSR count). The second kappa shape index (κ2) is 5.19. The van der Waals surface area contributed by atoms with Gasteiger partial charge in [-0.15, -0.1) is 0 Å². The molecule has 0 unspecified atom stereocenters. The molecule has 1 aliphatic heterocycles. The van der Waals surface area contributed by atoms with Crippen LogP contribution in [0, 0.1) is 5.41 Å². The lowest BCUT2D eigenvalue weighted by Crippen LogP contribution is -2.60. The first-order valence-electron chi connectivity index (χ1n) is 5.72. The first-order valence-corrected chi connectivity index (χ1v) is 6.13. The van der Waals surface area contributed by atoms with Crippen LogP contribution in [0.2, 0.25) is 0 Å². The Labute approximate surface area is 111 Å². The molecule has 7 heteroatoms. The van der Waals surface area contributed by atoms with Crippen LogP contribution in [0.5, 0.6) is 0 Å². The number of hydrogen-bond donors (Lipinski definition) is 3. The van der Waals surface area contributed by atoms with Crippen molar-refractivity contribution in [2.24, 2.45) is 16.9 Å². The van der Waals surface area contributed by atoms with E-state index in [1.807, 2.05) is 0 Å². The van der Waals surface area contributed by atoms with E-state index in [4.69, 9.17) is 28.4 Å². The van der Waals surface area contributed by atoms with Crippen molar-refractivity contribution in [2.75, 3.05) is 13.2 Å². The van der Waals surface area contributed by atoms with Crippen LogP contribution in [-0.2, 0) is 14.3 Å². The molecule has 18 heavy (non-hydrogen) atoms. The Morgan fingerprint density at radius 2 is 1.78 bits per heavy atom. The van der Waals surface area contributed by atoms with Crippen LogP contribution < -0.4 is 16.8 Å². The number of carbonyl (C=O) groups is 2. The van der Waals surface area contributed by atoms with Gasteiger partial charge in [0, 0.05) is 13.2 Å². The van der Waals surface area contributed by atoms with Crippen LogP contribution in [0.4, 0.5) is 0 Å². The summed E-state index contributed by atoms with van der Waals surface area (Å²) in [6.45, 7) is 3.92. The fourth-order valence-electron chi connectivity index (χ4n) is 1.77. The summed E-state index contributed by atoms with van der Waals surface area (Å²) < 4.78 is 5.22. The second-order valence-electron chi connectivity index (χ2n) is 5.00. The van der Waals surface area contributed by atoms with Crippen molar-refractivity contribution >= 4 is 29.0 Å². The van der Waals surface area contributed by atoms with E-state index in [2.05, 4.69) is 5.32 Å². The molecule has 0 bridgehead atoms. The summed E-state index contributed by atoms with van der Waals surface area (Å²) in [6, 6.07) is 0. The van der Waals surface area contributed by atoms with Crippen LogP contribution >= 0.6 is 12.2 Å². The van der Waals surface area contributed by atoms with Gasteiger partial charge in [-0.2, -0.15) is 0 Å². The van der Waals surface area contributed by atoms with Gasteiger partial charge < -0.3 is 21.5 Å². The predicted molar refractivity (Wildman–Crippen MR) is 70.7 cm³/mol. The molecule has 0 spiro atoms. The Morgan fingerprint density at radius 1 is 1.28 bits per heavy atom. The number of hydrogen-bond acceptors (Lipinski definition) is 4. The van der Waals surface area contributed by atoms with Crippen LogP contribution in [0.3, 0.4) is 0 Å². The molecule has 102 valence electrons. The fourth-order valence-corrected chi connectivity index (χ4v) is 2.07. The highest BCUT2D eigenvalue weighted by Crippen LogP contribution is 2.31. The molecule has 1 heterocycles. The topological polar surface area (TPSA) is 107 Å². The molecule has 0 saturated carbocycles. The van der Waals surface area contributed by atoms with Crippen molar-refractivity contribution in [3.05, 3.63) is 0 Å². The zero-order chi connectivity index (χ0) is 14.0. The van der Waals surface area contributed by atoms with Gasteiger partial charge in [-0.05, 0) is 26.7 Å². The lowest BCUT2D eigenvalue weighted by atomic mass is 9.78. The Kier molecular flexibility index (Phi) is 4.28. The van der Waals surface area contributed by atoms with E-state index in [1.165, 1.54) is 0 Å². The number of primary amides is 1. The Balaban J connectivity index is 2.91. The minimum absolute atomic E-state index is 0.128. The molecule has 0 aromatic carbocycles. The Morgan fingerprint density at radius 3 is 2.17 bits per heavy atom. The number of carbonyl (C=O) groups excluding carboxylic acids is 2. The number of nitrogens with two attached hydrogens (primary N) is 2. The number of ether oxygens (including phenoxy) is 1. The Bertz CT molecular complexity index is 376. The highest BCUT2D eigenvalue weighted by Gasteiger charge is 2.45. The quantitative estimate of drug-likeness (QED) is 0.596. The molecule has 0 radical (unpaired) electrons. The molecule has 1 fully saturated rings. The van der Waals surface area contributed by atoms with Gasteiger partial charge in [0.05, 0.1) is 4.99 Å². The first-order chi connectivity index (χ1) is 8.22. The number of amides is 2. The molecule has 0 aromatic rings. The number of thiocarbonyl (C=S) groups is 1. The molecule has 6 nitrogen and oxygen atoms in total. The van der Waals surface area contributed by atoms with Crippen molar-refractivity contribution < 1.29 is 14.3 Å². The van der Waals surface area contributed by atoms with E-state index < -0.39 is 16.9 Å². The van der Waals surface area contributed by atoms with Crippen molar-refractivity contribution in [3.63, 3.8) is 0 Å². The number of nitrogens with one attached hydrogen (secondary N) is 1. The summed E-state index contributed by atoms with van der Waals surface area (Å²) in [5, 5.41) is 2.61. The lowest BCUT2D eigenvalue weighted by Gasteiger charge is -2.37. The van der Waals surface area contributed by atoms with Crippen molar-refractivity contribution in [3.8, 4) is 0 Å². The van der Waals surface area contributed by atoms with Crippen molar-refractivity contribution in [1.82, 2.24) is 5.32 Å². The van der Waals surface area contributed by atoms with E-state index in [1.54, 1.807) is 13.8 Å². The molecule has 5 N–H and O–H groups in total. The van der Waals surface area contributed by atoms with Gasteiger partial charge in [0.1, 0.15) is 11.0 Å². The van der Waals surface area contributed by atoms with Crippen LogP contribution in [0.15, 0.2) is 0 Å². The summed E-state index contributed by atoms with van der Waals surface area (Å²) in [4.78, 5) is 23.7. The third-order valence-corrected chi connectivity index (χ3v) is 3.69. The van der Waals surface area contributed by atoms with Crippen LogP contribution in [0.1, 0.15) is 26.7 Å². The second-order valence-corrected chi connectivity index (χ2v) is 5.44. The summed E-state index contributed by atoms with van der Waals surface area (Å²) >= 11 is 5.00. The standard InChI is InChI=1S/C11H19N3O3S/c1-10(2,7(12)15)14-9(16)11(8(13)18)3-5-17-6-4-11/h3-6H2,1-2H3,(H2,12,15)(H2,13,18)(H,14,16). The summed E-state index contributed by atoms with van der Waals surface area (Å²) in [5.41, 5.74) is 8.85. The molecule has 2 amide bonds. The first kappa shape index (κ1) is 14.8. The van der Waals surface area contributed by atoms with Gasteiger partial charge in [-0.3, -0.25) is 9.59 Å². The molecular formula is C11H19N3O3S. The average molecular weight is 273 g/mol. The summed E-state index contributed by atoms with van der Waals surface area (Å²) in [5.74, 6) is -0.969. The Hall–Kier alpha value is -1.21. The predicted octanol–water partition coefficient (Wildman–Crippen LogP) is -0.551. The van der Waals surface area contributed by atoms with E-state index in [-0.39, 0.29) is 10.9 Å². The maximum absolute atomic E-state index is 12.3. The molecule has 0 aromatic heterocycles. The number of rotatable bonds is 4. The van der Waals surface area contributed by atoms with Crippen molar-refractivity contribution in [1.29, 1.82) is 0 Å². The zero-order valence-corrected chi connectivity index (χ0v) is 11.4. The van der Waals surface area contributed by atoms with Crippen LogP contribution in [0.25, 0.3) is 0 Å². The normalized spacial score (nSPS) is 19.0. The minimum Gasteiger partial charge on any atom is -0.392 e. The molecule has 1 aliphatic rings. The van der Waals surface area contributed by atoms with Gasteiger partial charge in [-0.25, -0.2) is 0 Å². The van der Waals surface area contributed by atoms with E-state index in [0.717, 1.165) is 0 Å². The van der Waals surface area contributed by atoms with Gasteiger partial charge in [0.25, 0.3) is 0 Å². The van der Waals surface area contributed by atoms with Gasteiger partial charge >= 0.3 is 0 Å². The highest BCUT2D eigenvalue weighted by molar-refractivity contribution is 7.80. The average Bonchev–Trinajstić information content (AvgIpc) is 2.28. The smallest absolute Gasteiger partial charge is 0.242 e. The van der Waals surface area contributed by atoms with Crippen molar-refractivity contribution in [2.45, 2.75) is 32.2 Å². The van der Waals surface area contributed by atoms with E-state index in [0.29, 0.717) is 26.1 Å². The van der Waals surface area contributed by atoms with Gasteiger partial charge in [-0.1, -0.05) is 12.2 Å². The largest absolute Gasteiger partial charge is 0.392 e. The van der Waals surface area contributed by atoms with E-state index in [9.17, 15) is 9.59 Å². The lowest BCUT2D eigenvalue weighted by molar-refractivity contribution is -0.137. The fraction of sp³-hybridized carbons (Fsp3) is 0.727. The maximum atomic E-state index is 12.3. The maximum Gasteiger partial charge on any atom is 0.242 e. The third-order valence-electron chi connectivity index (χ3n) is 3.29. The minimum atomic E-state index is -1.13. The summed E-state index contributed by atoms with van der Waals surface area (Å²) in [7, 11) is 0. The highest BCUT2D eigenvalue weighted by atomic mass is 32.1. The molecule has 0 atom stereocenters. The van der Waals surface area contributed by atoms with Gasteiger partial charge in [0.2, 0.25) is 11.8 Å². The van der Waals surface area contributed by atoms with Gasteiger partial charge in [0.15, 0.2) is 0 Å². The molecule has 0 aliphatic carbocycles. The summed E-state index contributed by atoms with van der Waals surface area (Å²) in [6.07, 6.45) is 0.839. The third kappa shape index (κ3) is 2.78. The molecular weight excluding hydrogens is 254 g/mol. The SMILES string of the molecule is CC(C)(NC(=O)C1(C(N)=S)CCOCC1)C(N)=O. The monoisotopic (exact) mass is 273 g/mol. The van der Waals surface area contributed by atoms with Crippen LogP contribution in [-0.4, -0.2) is 35.6 Å². The zero-order valence-electron chi connectivity index (χ0n) is 10.6. The van der Waals surface area contributed by atoms with E-state index >= 15 is 0 Å². The molecule has 1 saturated heterocycles.